The average molecular weight is 412 g/mol. The molecule has 0 aliphatic carbocycles. The summed E-state index contributed by atoms with van der Waals surface area (Å²) in [6, 6.07) is 14.5. The van der Waals surface area contributed by atoms with E-state index in [1.54, 1.807) is 13.3 Å². The number of H-pyrrole nitrogens is 2. The minimum atomic E-state index is 0.267. The number of nitrogens with zero attached hydrogens (tertiary/aromatic N) is 2. The topological polar surface area (TPSA) is 105 Å². The Bertz CT molecular complexity index is 1350. The number of aromatic nitrogens is 4. The summed E-state index contributed by atoms with van der Waals surface area (Å²) in [7, 11) is 1.68. The molecule has 0 atom stereocenters. The van der Waals surface area contributed by atoms with E-state index in [-0.39, 0.29) is 5.95 Å². The van der Waals surface area contributed by atoms with Crippen LogP contribution in [0.25, 0.3) is 21.8 Å². The number of rotatable bonds is 7. The van der Waals surface area contributed by atoms with Gasteiger partial charge in [0.15, 0.2) is 0 Å². The molecule has 0 fully saturated rings. The third-order valence-electron chi connectivity index (χ3n) is 5.56. The molecule has 7 heteroatoms. The lowest BCUT2D eigenvalue weighted by molar-refractivity contribution is 0.415. The maximum absolute atomic E-state index is 5.87. The zero-order chi connectivity index (χ0) is 21.2. The van der Waals surface area contributed by atoms with E-state index in [1.165, 1.54) is 21.9 Å². The largest absolute Gasteiger partial charge is 0.497 e. The van der Waals surface area contributed by atoms with E-state index in [0.29, 0.717) is 0 Å². The molecule has 31 heavy (non-hydrogen) atoms. The van der Waals surface area contributed by atoms with Gasteiger partial charge in [0, 0.05) is 53.5 Å². The highest BCUT2D eigenvalue weighted by Gasteiger charge is 2.10. The van der Waals surface area contributed by atoms with E-state index >= 15 is 0 Å². The fourth-order valence-electron chi connectivity index (χ4n) is 3.93. The smallest absolute Gasteiger partial charge is 0.221 e. The number of methoxy groups -OCH3 is 1. The first-order chi connectivity index (χ1) is 15.2. The molecular weight excluding hydrogens is 388 g/mol. The molecule has 0 bridgehead atoms. The molecule has 0 unspecified atom stereocenters. The molecule has 0 saturated heterocycles. The lowest BCUT2D eigenvalue weighted by Crippen LogP contribution is -2.11. The Morgan fingerprint density at radius 2 is 1.97 bits per heavy atom. The maximum atomic E-state index is 5.87. The molecule has 156 valence electrons. The number of ether oxygens (including phenoxy) is 1. The van der Waals surface area contributed by atoms with Gasteiger partial charge in [0.1, 0.15) is 11.6 Å². The molecule has 0 spiro atoms. The van der Waals surface area contributed by atoms with E-state index in [0.717, 1.165) is 47.6 Å². The Morgan fingerprint density at radius 1 is 1.03 bits per heavy atom. The number of hydrogen-bond donors (Lipinski definition) is 4. The zero-order valence-corrected chi connectivity index (χ0v) is 17.3. The summed E-state index contributed by atoms with van der Waals surface area (Å²) in [6.45, 7) is 0.725. The second-order valence-electron chi connectivity index (χ2n) is 7.58. The maximum Gasteiger partial charge on any atom is 0.221 e. The van der Waals surface area contributed by atoms with Crippen molar-refractivity contribution in [3.05, 3.63) is 77.7 Å². The predicted octanol–water partition coefficient (Wildman–Crippen LogP) is 4.28. The van der Waals surface area contributed by atoms with Crippen LogP contribution in [0.3, 0.4) is 0 Å². The Morgan fingerprint density at radius 3 is 2.87 bits per heavy atom. The van der Waals surface area contributed by atoms with E-state index < -0.39 is 0 Å². The summed E-state index contributed by atoms with van der Waals surface area (Å²) in [4.78, 5) is 15.2. The Balaban J connectivity index is 1.33. The molecule has 0 amide bonds. The summed E-state index contributed by atoms with van der Waals surface area (Å²) < 4.78 is 5.36. The van der Waals surface area contributed by atoms with Gasteiger partial charge < -0.3 is 25.8 Å². The van der Waals surface area contributed by atoms with Gasteiger partial charge in [0.2, 0.25) is 5.95 Å². The van der Waals surface area contributed by atoms with Gasteiger partial charge in [-0.05, 0) is 53.3 Å². The van der Waals surface area contributed by atoms with Crippen LogP contribution in [0.2, 0.25) is 0 Å². The Kier molecular flexibility index (Phi) is 4.92. The van der Waals surface area contributed by atoms with Crippen LogP contribution >= 0.6 is 0 Å². The molecular formula is C24H24N6O. The fourth-order valence-corrected chi connectivity index (χ4v) is 3.93. The van der Waals surface area contributed by atoms with Crippen molar-refractivity contribution in [2.45, 2.75) is 12.8 Å². The number of nitrogens with one attached hydrogen (secondary N) is 3. The number of hydrogen-bond acceptors (Lipinski definition) is 5. The fraction of sp³-hybridized carbons (Fsp3) is 0.167. The van der Waals surface area contributed by atoms with Crippen molar-refractivity contribution in [2.24, 2.45) is 0 Å². The number of anilines is 2. The number of benzene rings is 2. The van der Waals surface area contributed by atoms with Crippen LogP contribution in [-0.4, -0.2) is 33.6 Å². The van der Waals surface area contributed by atoms with Crippen LogP contribution < -0.4 is 15.8 Å². The molecule has 5 N–H and O–H groups in total. The zero-order valence-electron chi connectivity index (χ0n) is 17.3. The van der Waals surface area contributed by atoms with Gasteiger partial charge in [-0.2, -0.15) is 4.98 Å². The van der Waals surface area contributed by atoms with E-state index in [1.807, 2.05) is 24.5 Å². The Hall–Kier alpha value is -4.00. The number of aromatic amines is 2. The highest BCUT2D eigenvalue weighted by Crippen LogP contribution is 2.25. The first-order valence-electron chi connectivity index (χ1n) is 10.2. The minimum Gasteiger partial charge on any atom is -0.497 e. The first-order valence-corrected chi connectivity index (χ1v) is 10.2. The molecule has 5 aromatic rings. The molecule has 2 aromatic carbocycles. The van der Waals surface area contributed by atoms with Crippen molar-refractivity contribution in [3.63, 3.8) is 0 Å². The van der Waals surface area contributed by atoms with Gasteiger partial charge in [-0.15, -0.1) is 0 Å². The molecule has 3 heterocycles. The molecule has 0 saturated carbocycles. The van der Waals surface area contributed by atoms with Gasteiger partial charge in [0.05, 0.1) is 7.11 Å². The summed E-state index contributed by atoms with van der Waals surface area (Å²) in [6.07, 6.45) is 7.37. The van der Waals surface area contributed by atoms with Crippen LogP contribution in [-0.2, 0) is 12.8 Å². The summed E-state index contributed by atoms with van der Waals surface area (Å²) >= 11 is 0. The van der Waals surface area contributed by atoms with Gasteiger partial charge in [-0.3, -0.25) is 0 Å². The first kappa shape index (κ1) is 19.0. The highest BCUT2D eigenvalue weighted by molar-refractivity contribution is 5.84. The third-order valence-corrected chi connectivity index (χ3v) is 5.56. The molecule has 5 rings (SSSR count). The standard InChI is InChI=1S/C24H24N6O/c1-31-19-4-5-21-20(12-19)17(13-28-21)7-9-27-23-18(14-29-24(25)30-23)10-15-2-3-16-6-8-26-22(16)11-15/h2-6,8,11-14,26,28H,7,9-10H2,1H3,(H3,25,27,29,30). The number of nitrogens with two attached hydrogens (primary N) is 1. The van der Waals surface area contributed by atoms with Crippen molar-refractivity contribution >= 4 is 33.6 Å². The monoisotopic (exact) mass is 412 g/mol. The third kappa shape index (κ3) is 3.90. The summed E-state index contributed by atoms with van der Waals surface area (Å²) in [5, 5.41) is 5.82. The van der Waals surface area contributed by atoms with Crippen molar-refractivity contribution in [3.8, 4) is 5.75 Å². The number of fused-ring (bicyclic) bond motifs is 2. The van der Waals surface area contributed by atoms with Crippen molar-refractivity contribution in [1.29, 1.82) is 0 Å². The molecule has 0 radical (unpaired) electrons. The van der Waals surface area contributed by atoms with Gasteiger partial charge in [-0.25, -0.2) is 4.98 Å². The van der Waals surface area contributed by atoms with Crippen molar-refractivity contribution in [1.82, 2.24) is 19.9 Å². The highest BCUT2D eigenvalue weighted by atomic mass is 16.5. The summed E-state index contributed by atoms with van der Waals surface area (Å²) in [5.74, 6) is 1.89. The van der Waals surface area contributed by atoms with Crippen LogP contribution in [0.4, 0.5) is 11.8 Å². The normalized spacial score (nSPS) is 11.3. The van der Waals surface area contributed by atoms with Gasteiger partial charge in [0.25, 0.3) is 0 Å². The number of nitrogen functional groups attached to an aromatic ring is 1. The van der Waals surface area contributed by atoms with E-state index in [4.69, 9.17) is 10.5 Å². The van der Waals surface area contributed by atoms with Gasteiger partial charge in [-0.1, -0.05) is 12.1 Å². The Labute approximate surface area is 179 Å². The van der Waals surface area contributed by atoms with Crippen LogP contribution in [0.1, 0.15) is 16.7 Å². The van der Waals surface area contributed by atoms with Crippen molar-refractivity contribution in [2.75, 3.05) is 24.7 Å². The summed E-state index contributed by atoms with van der Waals surface area (Å²) in [5.41, 5.74) is 11.5. The van der Waals surface area contributed by atoms with E-state index in [2.05, 4.69) is 55.6 Å². The quantitative estimate of drug-likeness (QED) is 0.319. The molecule has 3 aromatic heterocycles. The molecule has 0 aliphatic heterocycles. The molecule has 0 aliphatic rings. The van der Waals surface area contributed by atoms with Gasteiger partial charge >= 0.3 is 0 Å². The second-order valence-corrected chi connectivity index (χ2v) is 7.58. The van der Waals surface area contributed by atoms with Crippen LogP contribution in [0.5, 0.6) is 5.75 Å². The predicted molar refractivity (Wildman–Crippen MR) is 125 cm³/mol. The second kappa shape index (κ2) is 8.02. The lowest BCUT2D eigenvalue weighted by atomic mass is 10.1. The minimum absolute atomic E-state index is 0.267. The molecule has 7 nitrogen and oxygen atoms in total. The van der Waals surface area contributed by atoms with Crippen molar-refractivity contribution < 1.29 is 4.74 Å². The SMILES string of the molecule is COc1ccc2[nH]cc(CCNc3nc(N)ncc3Cc3ccc4cc[nH]c4c3)c2c1. The van der Waals surface area contributed by atoms with Crippen LogP contribution in [0, 0.1) is 0 Å². The van der Waals surface area contributed by atoms with E-state index in [9.17, 15) is 0 Å². The lowest BCUT2D eigenvalue weighted by Gasteiger charge is -2.12. The van der Waals surface area contributed by atoms with Crippen LogP contribution in [0.15, 0.2) is 61.1 Å². The average Bonchev–Trinajstić information content (AvgIpc) is 3.41.